The van der Waals surface area contributed by atoms with E-state index in [-0.39, 0.29) is 10.6 Å². The number of thiazole rings is 1. The molecule has 1 heterocycles. The van der Waals surface area contributed by atoms with E-state index in [1.54, 1.807) is 18.0 Å². The molecule has 0 aliphatic carbocycles. The molecule has 0 amide bonds. The number of hydrogen-bond acceptors (Lipinski definition) is 4. The minimum absolute atomic E-state index is 0.215. The van der Waals surface area contributed by atoms with Gasteiger partial charge in [0.05, 0.1) is 12.6 Å². The highest BCUT2D eigenvalue weighted by molar-refractivity contribution is 7.09. The Kier molecular flexibility index (Phi) is 4.71. The fraction of sp³-hybridized carbons (Fsp3) is 0.286. The van der Waals surface area contributed by atoms with E-state index < -0.39 is 11.9 Å². The summed E-state index contributed by atoms with van der Waals surface area (Å²) in [6.07, 6.45) is 0. The highest BCUT2D eigenvalue weighted by Crippen LogP contribution is 2.30. The van der Waals surface area contributed by atoms with Gasteiger partial charge in [-0.05, 0) is 26.1 Å². The SMILES string of the molecule is Cc1csc(CN(C)[C@@H](C#N)c2c(F)cccc2Cl)n1. The normalized spacial score (nSPS) is 12.4. The number of rotatable bonds is 4. The van der Waals surface area contributed by atoms with Gasteiger partial charge in [0.2, 0.25) is 0 Å². The number of benzene rings is 1. The largest absolute Gasteiger partial charge is 0.281 e. The second-order valence-electron chi connectivity index (χ2n) is 4.46. The Morgan fingerprint density at radius 1 is 1.55 bits per heavy atom. The molecule has 0 spiro atoms. The molecule has 0 saturated carbocycles. The van der Waals surface area contributed by atoms with E-state index in [2.05, 4.69) is 11.1 Å². The summed E-state index contributed by atoms with van der Waals surface area (Å²) >= 11 is 7.54. The Labute approximate surface area is 126 Å². The minimum Gasteiger partial charge on any atom is -0.281 e. The lowest BCUT2D eigenvalue weighted by atomic mass is 10.1. The van der Waals surface area contributed by atoms with E-state index in [1.807, 2.05) is 12.3 Å². The number of nitrogens with zero attached hydrogens (tertiary/aromatic N) is 3. The summed E-state index contributed by atoms with van der Waals surface area (Å²) in [5, 5.41) is 12.4. The van der Waals surface area contributed by atoms with E-state index in [1.165, 1.54) is 23.5 Å². The predicted molar refractivity (Wildman–Crippen MR) is 78.1 cm³/mol. The molecular weight excluding hydrogens is 297 g/mol. The van der Waals surface area contributed by atoms with E-state index >= 15 is 0 Å². The Morgan fingerprint density at radius 2 is 2.30 bits per heavy atom. The van der Waals surface area contributed by atoms with Crippen molar-refractivity contribution in [3.8, 4) is 6.07 Å². The van der Waals surface area contributed by atoms with Crippen molar-refractivity contribution in [1.29, 1.82) is 5.26 Å². The molecule has 0 N–H and O–H groups in total. The fourth-order valence-electron chi connectivity index (χ4n) is 1.94. The van der Waals surface area contributed by atoms with Crippen LogP contribution in [0.15, 0.2) is 23.6 Å². The third-order valence-corrected chi connectivity index (χ3v) is 4.17. The standard InChI is InChI=1S/C14H13ClFN3S/c1-9-8-20-13(18-9)7-19(2)12(6-17)14-10(15)4-3-5-11(14)16/h3-5,8,12H,7H2,1-2H3/t12-/m0/s1. The Morgan fingerprint density at radius 3 is 2.85 bits per heavy atom. The zero-order valence-electron chi connectivity index (χ0n) is 11.1. The van der Waals surface area contributed by atoms with Crippen molar-refractivity contribution in [2.45, 2.75) is 19.5 Å². The molecule has 0 aliphatic rings. The maximum atomic E-state index is 13.9. The molecule has 2 rings (SSSR count). The highest BCUT2D eigenvalue weighted by Gasteiger charge is 2.23. The van der Waals surface area contributed by atoms with Crippen molar-refractivity contribution < 1.29 is 4.39 Å². The Bertz CT molecular complexity index is 630. The van der Waals surface area contributed by atoms with Gasteiger partial charge in [0, 0.05) is 21.7 Å². The molecular formula is C14H13ClFN3S. The molecule has 0 radical (unpaired) electrons. The number of nitriles is 1. The van der Waals surface area contributed by atoms with Crippen molar-refractivity contribution in [2.24, 2.45) is 0 Å². The van der Waals surface area contributed by atoms with Crippen LogP contribution in [0.4, 0.5) is 4.39 Å². The number of aromatic nitrogens is 1. The van der Waals surface area contributed by atoms with E-state index in [4.69, 9.17) is 11.6 Å². The molecule has 0 saturated heterocycles. The first-order chi connectivity index (χ1) is 9.52. The first-order valence-electron chi connectivity index (χ1n) is 5.97. The Balaban J connectivity index is 2.26. The molecule has 3 nitrogen and oxygen atoms in total. The van der Waals surface area contributed by atoms with Gasteiger partial charge in [-0.3, -0.25) is 4.90 Å². The van der Waals surface area contributed by atoms with Gasteiger partial charge in [-0.2, -0.15) is 5.26 Å². The van der Waals surface area contributed by atoms with E-state index in [9.17, 15) is 9.65 Å². The summed E-state index contributed by atoms with van der Waals surface area (Å²) < 4.78 is 13.9. The van der Waals surface area contributed by atoms with Gasteiger partial charge in [0.15, 0.2) is 0 Å². The average Bonchev–Trinajstić information content (AvgIpc) is 2.79. The van der Waals surface area contributed by atoms with Crippen molar-refractivity contribution in [3.63, 3.8) is 0 Å². The van der Waals surface area contributed by atoms with Crippen LogP contribution in [0.3, 0.4) is 0 Å². The number of hydrogen-bond donors (Lipinski definition) is 0. The molecule has 0 aliphatic heterocycles. The van der Waals surface area contributed by atoms with Gasteiger partial charge in [0.25, 0.3) is 0 Å². The molecule has 0 bridgehead atoms. The van der Waals surface area contributed by atoms with Crippen LogP contribution in [-0.4, -0.2) is 16.9 Å². The van der Waals surface area contributed by atoms with Crippen LogP contribution >= 0.6 is 22.9 Å². The predicted octanol–water partition coefficient (Wildman–Crippen LogP) is 3.94. The van der Waals surface area contributed by atoms with Crippen LogP contribution in [0, 0.1) is 24.1 Å². The third kappa shape index (κ3) is 3.15. The smallest absolute Gasteiger partial charge is 0.130 e. The van der Waals surface area contributed by atoms with E-state index in [0.717, 1.165) is 10.7 Å². The fourth-order valence-corrected chi connectivity index (χ4v) is 3.04. The summed E-state index contributed by atoms with van der Waals surface area (Å²) in [5.41, 5.74) is 1.16. The summed E-state index contributed by atoms with van der Waals surface area (Å²) in [5.74, 6) is -0.466. The summed E-state index contributed by atoms with van der Waals surface area (Å²) in [4.78, 5) is 6.09. The van der Waals surface area contributed by atoms with Crippen molar-refractivity contribution >= 4 is 22.9 Å². The topological polar surface area (TPSA) is 39.9 Å². The summed E-state index contributed by atoms with van der Waals surface area (Å²) in [7, 11) is 1.76. The quantitative estimate of drug-likeness (QED) is 0.859. The third-order valence-electron chi connectivity index (χ3n) is 2.89. The average molecular weight is 310 g/mol. The first kappa shape index (κ1) is 14.9. The van der Waals surface area contributed by atoms with Gasteiger partial charge in [-0.1, -0.05) is 17.7 Å². The second kappa shape index (κ2) is 6.31. The monoisotopic (exact) mass is 309 g/mol. The van der Waals surface area contributed by atoms with E-state index in [0.29, 0.717) is 6.54 Å². The van der Waals surface area contributed by atoms with Crippen molar-refractivity contribution in [1.82, 2.24) is 9.88 Å². The lowest BCUT2D eigenvalue weighted by Gasteiger charge is -2.22. The van der Waals surface area contributed by atoms with Crippen molar-refractivity contribution in [2.75, 3.05) is 7.05 Å². The lowest BCUT2D eigenvalue weighted by Crippen LogP contribution is -2.24. The molecule has 1 aromatic carbocycles. The molecule has 1 aromatic heterocycles. The maximum Gasteiger partial charge on any atom is 0.130 e. The molecule has 2 aromatic rings. The van der Waals surface area contributed by atoms with Crippen LogP contribution in [0.5, 0.6) is 0 Å². The molecule has 104 valence electrons. The van der Waals surface area contributed by atoms with Crippen LogP contribution in [0.2, 0.25) is 5.02 Å². The van der Waals surface area contributed by atoms with Crippen LogP contribution in [-0.2, 0) is 6.54 Å². The lowest BCUT2D eigenvalue weighted by molar-refractivity contribution is 0.277. The second-order valence-corrected chi connectivity index (χ2v) is 5.81. The van der Waals surface area contributed by atoms with Crippen LogP contribution in [0.25, 0.3) is 0 Å². The highest BCUT2D eigenvalue weighted by atomic mass is 35.5. The minimum atomic E-state index is -0.743. The molecule has 6 heteroatoms. The molecule has 1 atom stereocenters. The number of aryl methyl sites for hydroxylation is 1. The van der Waals surface area contributed by atoms with Crippen LogP contribution < -0.4 is 0 Å². The summed E-state index contributed by atoms with van der Waals surface area (Å²) in [6.45, 7) is 2.39. The molecule has 0 unspecified atom stereocenters. The van der Waals surface area contributed by atoms with Gasteiger partial charge in [-0.15, -0.1) is 11.3 Å². The zero-order valence-corrected chi connectivity index (χ0v) is 12.7. The van der Waals surface area contributed by atoms with Gasteiger partial charge >= 0.3 is 0 Å². The molecule has 0 fully saturated rings. The van der Waals surface area contributed by atoms with Crippen molar-refractivity contribution in [3.05, 3.63) is 50.7 Å². The maximum absolute atomic E-state index is 13.9. The van der Waals surface area contributed by atoms with Gasteiger partial charge in [0.1, 0.15) is 16.9 Å². The van der Waals surface area contributed by atoms with Gasteiger partial charge < -0.3 is 0 Å². The summed E-state index contributed by atoms with van der Waals surface area (Å²) in [6, 6.07) is 5.79. The molecule has 20 heavy (non-hydrogen) atoms. The zero-order chi connectivity index (χ0) is 14.7. The Hall–Kier alpha value is -1.48. The van der Waals surface area contributed by atoms with Gasteiger partial charge in [-0.25, -0.2) is 9.37 Å². The number of halogens is 2. The first-order valence-corrected chi connectivity index (χ1v) is 7.23. The van der Waals surface area contributed by atoms with Crippen LogP contribution in [0.1, 0.15) is 22.3 Å².